The number of aryl methyl sites for hydroxylation is 2. The normalized spacial score (nSPS) is 10.9. The van der Waals surface area contributed by atoms with Crippen LogP contribution in [0, 0.1) is 0 Å². The Balaban J connectivity index is 2.71. The maximum Gasteiger partial charge on any atom is 0.0461 e. The topological polar surface area (TPSA) is 15.8 Å². The van der Waals surface area contributed by atoms with Crippen molar-refractivity contribution < 1.29 is 0 Å². The van der Waals surface area contributed by atoms with Gasteiger partial charge < -0.3 is 4.98 Å². The van der Waals surface area contributed by atoms with E-state index in [2.05, 4.69) is 43.6 Å². The number of aromatic amines is 1. The van der Waals surface area contributed by atoms with Gasteiger partial charge in [-0.05, 0) is 48.6 Å². The standard InChI is InChI=1S/C15H19N/c1-5-11-7-8-14-13(12(11)6-2)9-15(16-14)10(3)4/h7-9,16H,3,5-6H2,1-2,4H3. The Morgan fingerprint density at radius 2 is 2.00 bits per heavy atom. The summed E-state index contributed by atoms with van der Waals surface area (Å²) in [5.74, 6) is 0. The maximum atomic E-state index is 3.99. The number of H-pyrrole nitrogens is 1. The second kappa shape index (κ2) is 4.17. The van der Waals surface area contributed by atoms with Crippen molar-refractivity contribution in [2.24, 2.45) is 0 Å². The zero-order valence-corrected chi connectivity index (χ0v) is 10.4. The van der Waals surface area contributed by atoms with Crippen LogP contribution in [0.5, 0.6) is 0 Å². The lowest BCUT2D eigenvalue weighted by Crippen LogP contribution is -1.90. The minimum Gasteiger partial charge on any atom is -0.355 e. The average Bonchev–Trinajstić information content (AvgIpc) is 2.71. The lowest BCUT2D eigenvalue weighted by atomic mass is 9.99. The molecule has 1 aromatic carbocycles. The quantitative estimate of drug-likeness (QED) is 0.781. The van der Waals surface area contributed by atoms with E-state index in [-0.39, 0.29) is 0 Å². The first-order valence-corrected chi connectivity index (χ1v) is 5.96. The molecule has 1 N–H and O–H groups in total. The second-order valence-corrected chi connectivity index (χ2v) is 4.33. The molecule has 0 bridgehead atoms. The van der Waals surface area contributed by atoms with Gasteiger partial charge in [0.1, 0.15) is 0 Å². The molecule has 1 heteroatoms. The molecular weight excluding hydrogens is 194 g/mol. The zero-order chi connectivity index (χ0) is 11.7. The fourth-order valence-corrected chi connectivity index (χ4v) is 2.29. The first-order valence-electron chi connectivity index (χ1n) is 5.96. The van der Waals surface area contributed by atoms with Crippen LogP contribution in [0.3, 0.4) is 0 Å². The van der Waals surface area contributed by atoms with Crippen LogP contribution in [-0.4, -0.2) is 4.98 Å². The van der Waals surface area contributed by atoms with Crippen molar-refractivity contribution in [1.29, 1.82) is 0 Å². The Kier molecular flexibility index (Phi) is 2.86. The first kappa shape index (κ1) is 11.0. The van der Waals surface area contributed by atoms with Crippen molar-refractivity contribution in [3.05, 3.63) is 41.6 Å². The first-order chi connectivity index (χ1) is 7.67. The van der Waals surface area contributed by atoms with E-state index < -0.39 is 0 Å². The van der Waals surface area contributed by atoms with Gasteiger partial charge in [-0.25, -0.2) is 0 Å². The third-order valence-electron chi connectivity index (χ3n) is 3.21. The molecule has 1 nitrogen and oxygen atoms in total. The van der Waals surface area contributed by atoms with E-state index in [9.17, 15) is 0 Å². The highest BCUT2D eigenvalue weighted by Gasteiger charge is 2.08. The molecule has 0 aliphatic carbocycles. The molecule has 1 aromatic heterocycles. The fourth-order valence-electron chi connectivity index (χ4n) is 2.29. The van der Waals surface area contributed by atoms with Crippen LogP contribution in [0.25, 0.3) is 16.5 Å². The second-order valence-electron chi connectivity index (χ2n) is 4.33. The Hall–Kier alpha value is -1.50. The molecular formula is C15H19N. The summed E-state index contributed by atoms with van der Waals surface area (Å²) in [6.45, 7) is 10.5. The average molecular weight is 213 g/mol. The van der Waals surface area contributed by atoms with Crippen molar-refractivity contribution in [2.45, 2.75) is 33.6 Å². The molecule has 2 rings (SSSR count). The van der Waals surface area contributed by atoms with Crippen molar-refractivity contribution in [3.8, 4) is 0 Å². The van der Waals surface area contributed by atoms with Crippen molar-refractivity contribution in [3.63, 3.8) is 0 Å². The Morgan fingerprint density at radius 1 is 1.25 bits per heavy atom. The number of benzene rings is 1. The van der Waals surface area contributed by atoms with Gasteiger partial charge in [0.2, 0.25) is 0 Å². The zero-order valence-electron chi connectivity index (χ0n) is 10.4. The molecule has 0 aliphatic heterocycles. The number of allylic oxidation sites excluding steroid dienone is 1. The number of hydrogen-bond acceptors (Lipinski definition) is 0. The van der Waals surface area contributed by atoms with E-state index in [1.165, 1.54) is 22.0 Å². The largest absolute Gasteiger partial charge is 0.355 e. The molecule has 16 heavy (non-hydrogen) atoms. The molecule has 0 saturated carbocycles. The predicted molar refractivity (Wildman–Crippen MR) is 71.8 cm³/mol. The molecule has 0 aliphatic rings. The van der Waals surface area contributed by atoms with Gasteiger partial charge in [0.15, 0.2) is 0 Å². The monoisotopic (exact) mass is 213 g/mol. The molecule has 84 valence electrons. The smallest absolute Gasteiger partial charge is 0.0461 e. The van der Waals surface area contributed by atoms with Gasteiger partial charge in [0.05, 0.1) is 0 Å². The van der Waals surface area contributed by atoms with Gasteiger partial charge in [0, 0.05) is 16.6 Å². The van der Waals surface area contributed by atoms with Crippen LogP contribution >= 0.6 is 0 Å². The SMILES string of the molecule is C=C(C)c1cc2c(CC)c(CC)ccc2[nH]1. The van der Waals surface area contributed by atoms with Crippen LogP contribution in [-0.2, 0) is 12.8 Å². The molecule has 0 fully saturated rings. The van der Waals surface area contributed by atoms with E-state index >= 15 is 0 Å². The minimum atomic E-state index is 1.09. The molecule has 0 radical (unpaired) electrons. The predicted octanol–water partition coefficient (Wildman–Crippen LogP) is 4.33. The Labute approximate surface area is 97.2 Å². The van der Waals surface area contributed by atoms with Gasteiger partial charge in [-0.3, -0.25) is 0 Å². The molecule has 0 unspecified atom stereocenters. The molecule has 2 aromatic rings. The highest BCUT2D eigenvalue weighted by molar-refractivity contribution is 5.88. The molecule has 0 spiro atoms. The Morgan fingerprint density at radius 3 is 2.56 bits per heavy atom. The van der Waals surface area contributed by atoms with Gasteiger partial charge in [-0.2, -0.15) is 0 Å². The highest BCUT2D eigenvalue weighted by Crippen LogP contribution is 2.26. The molecule has 1 heterocycles. The summed E-state index contributed by atoms with van der Waals surface area (Å²) in [7, 11) is 0. The maximum absolute atomic E-state index is 3.99. The van der Waals surface area contributed by atoms with Crippen molar-refractivity contribution in [1.82, 2.24) is 4.98 Å². The number of fused-ring (bicyclic) bond motifs is 1. The van der Waals surface area contributed by atoms with E-state index in [0.717, 1.165) is 24.1 Å². The third-order valence-corrected chi connectivity index (χ3v) is 3.21. The molecule has 0 atom stereocenters. The van der Waals surface area contributed by atoms with Gasteiger partial charge in [-0.1, -0.05) is 26.5 Å². The van der Waals surface area contributed by atoms with Gasteiger partial charge in [0.25, 0.3) is 0 Å². The van der Waals surface area contributed by atoms with E-state index in [0.29, 0.717) is 0 Å². The van der Waals surface area contributed by atoms with Crippen molar-refractivity contribution >= 4 is 16.5 Å². The fraction of sp³-hybridized carbons (Fsp3) is 0.333. The third kappa shape index (κ3) is 1.67. The summed E-state index contributed by atoms with van der Waals surface area (Å²) in [6.07, 6.45) is 2.20. The van der Waals surface area contributed by atoms with E-state index in [4.69, 9.17) is 0 Å². The molecule has 0 amide bonds. The summed E-state index contributed by atoms with van der Waals surface area (Å²) in [6, 6.07) is 6.65. The molecule has 0 saturated heterocycles. The Bertz CT molecular complexity index is 532. The summed E-state index contributed by atoms with van der Waals surface area (Å²) >= 11 is 0. The number of aromatic nitrogens is 1. The van der Waals surface area contributed by atoms with Crippen LogP contribution in [0.4, 0.5) is 0 Å². The van der Waals surface area contributed by atoms with Crippen LogP contribution in [0.1, 0.15) is 37.6 Å². The van der Waals surface area contributed by atoms with E-state index in [1.807, 2.05) is 6.92 Å². The van der Waals surface area contributed by atoms with Gasteiger partial charge >= 0.3 is 0 Å². The number of hydrogen-bond donors (Lipinski definition) is 1. The minimum absolute atomic E-state index is 1.09. The summed E-state index contributed by atoms with van der Waals surface area (Å²) in [5, 5.41) is 1.36. The van der Waals surface area contributed by atoms with E-state index in [1.54, 1.807) is 0 Å². The highest BCUT2D eigenvalue weighted by atomic mass is 14.7. The van der Waals surface area contributed by atoms with Crippen LogP contribution in [0.2, 0.25) is 0 Å². The summed E-state index contributed by atoms with van der Waals surface area (Å²) in [5.41, 5.74) is 6.41. The lowest BCUT2D eigenvalue weighted by molar-refractivity contribution is 1.05. The van der Waals surface area contributed by atoms with Crippen LogP contribution in [0.15, 0.2) is 24.8 Å². The summed E-state index contributed by atoms with van der Waals surface area (Å²) in [4.78, 5) is 3.42. The number of rotatable bonds is 3. The van der Waals surface area contributed by atoms with Gasteiger partial charge in [-0.15, -0.1) is 0 Å². The lowest BCUT2D eigenvalue weighted by Gasteiger charge is -2.06. The van der Waals surface area contributed by atoms with Crippen LogP contribution < -0.4 is 0 Å². The summed E-state index contributed by atoms with van der Waals surface area (Å²) < 4.78 is 0. The number of nitrogens with one attached hydrogen (secondary N) is 1. The van der Waals surface area contributed by atoms with Crippen molar-refractivity contribution in [2.75, 3.05) is 0 Å².